The minimum absolute atomic E-state index is 0.913. The SMILES string of the molecule is CNCc1ccc(N(C)Cc2ccc(Br)cc2)cc1. The Morgan fingerprint density at radius 3 is 2.11 bits per heavy atom. The molecule has 0 fully saturated rings. The minimum atomic E-state index is 0.913. The Morgan fingerprint density at radius 2 is 1.53 bits per heavy atom. The fourth-order valence-corrected chi connectivity index (χ4v) is 2.29. The van der Waals surface area contributed by atoms with Gasteiger partial charge < -0.3 is 10.2 Å². The van der Waals surface area contributed by atoms with Crippen LogP contribution in [0.5, 0.6) is 0 Å². The highest BCUT2D eigenvalue weighted by Crippen LogP contribution is 2.17. The second kappa shape index (κ2) is 6.73. The monoisotopic (exact) mass is 318 g/mol. The average molecular weight is 319 g/mol. The maximum absolute atomic E-state index is 3.46. The third kappa shape index (κ3) is 4.08. The van der Waals surface area contributed by atoms with Crippen molar-refractivity contribution in [3.8, 4) is 0 Å². The molecule has 0 aliphatic rings. The summed E-state index contributed by atoms with van der Waals surface area (Å²) in [6, 6.07) is 17.1. The van der Waals surface area contributed by atoms with Crippen LogP contribution in [0.4, 0.5) is 5.69 Å². The smallest absolute Gasteiger partial charge is 0.0426 e. The summed E-state index contributed by atoms with van der Waals surface area (Å²) in [5.74, 6) is 0. The van der Waals surface area contributed by atoms with Crippen molar-refractivity contribution in [1.29, 1.82) is 0 Å². The first-order valence-corrected chi connectivity index (χ1v) is 7.17. The summed E-state index contributed by atoms with van der Waals surface area (Å²) in [4.78, 5) is 2.26. The van der Waals surface area contributed by atoms with Gasteiger partial charge >= 0.3 is 0 Å². The number of hydrogen-bond donors (Lipinski definition) is 1. The first kappa shape index (κ1) is 14.1. The highest BCUT2D eigenvalue weighted by Gasteiger charge is 2.02. The molecule has 0 amide bonds. The lowest BCUT2D eigenvalue weighted by Gasteiger charge is -2.20. The summed E-state index contributed by atoms with van der Waals surface area (Å²) in [5.41, 5.74) is 3.86. The van der Waals surface area contributed by atoms with Gasteiger partial charge in [0.1, 0.15) is 0 Å². The predicted octanol–water partition coefficient (Wildman–Crippen LogP) is 3.80. The van der Waals surface area contributed by atoms with E-state index in [-0.39, 0.29) is 0 Å². The van der Waals surface area contributed by atoms with Crippen molar-refractivity contribution >= 4 is 21.6 Å². The summed E-state index contributed by atoms with van der Waals surface area (Å²) in [6.45, 7) is 1.83. The van der Waals surface area contributed by atoms with Crippen molar-refractivity contribution < 1.29 is 0 Å². The highest BCUT2D eigenvalue weighted by molar-refractivity contribution is 9.10. The van der Waals surface area contributed by atoms with E-state index in [1.807, 2.05) is 7.05 Å². The molecule has 0 unspecified atom stereocenters. The molecule has 0 heterocycles. The molecule has 3 heteroatoms. The van der Waals surface area contributed by atoms with Crippen molar-refractivity contribution in [2.24, 2.45) is 0 Å². The number of nitrogens with one attached hydrogen (secondary N) is 1. The maximum atomic E-state index is 3.46. The molecule has 2 nitrogen and oxygen atoms in total. The van der Waals surface area contributed by atoms with Crippen molar-refractivity contribution in [2.45, 2.75) is 13.1 Å². The first-order valence-electron chi connectivity index (χ1n) is 6.38. The van der Waals surface area contributed by atoms with E-state index in [0.717, 1.165) is 17.6 Å². The number of nitrogens with zero attached hydrogens (tertiary/aromatic N) is 1. The van der Waals surface area contributed by atoms with Crippen LogP contribution in [0.15, 0.2) is 53.0 Å². The molecule has 0 aliphatic carbocycles. The Labute approximate surface area is 123 Å². The molecule has 0 saturated carbocycles. The summed E-state index contributed by atoms with van der Waals surface area (Å²) in [5, 5.41) is 3.16. The topological polar surface area (TPSA) is 15.3 Å². The Balaban J connectivity index is 2.02. The van der Waals surface area contributed by atoms with E-state index in [1.165, 1.54) is 16.8 Å². The Bertz CT molecular complexity index is 505. The van der Waals surface area contributed by atoms with E-state index in [1.54, 1.807) is 0 Å². The molecule has 2 rings (SSSR count). The molecule has 0 spiro atoms. The number of benzene rings is 2. The molecule has 2 aromatic rings. The third-order valence-electron chi connectivity index (χ3n) is 3.09. The lowest BCUT2D eigenvalue weighted by molar-refractivity contribution is 0.817. The van der Waals surface area contributed by atoms with Gasteiger partial charge in [-0.2, -0.15) is 0 Å². The first-order chi connectivity index (χ1) is 9.19. The van der Waals surface area contributed by atoms with Crippen LogP contribution in [-0.2, 0) is 13.1 Å². The maximum Gasteiger partial charge on any atom is 0.0426 e. The van der Waals surface area contributed by atoms with E-state index in [4.69, 9.17) is 0 Å². The van der Waals surface area contributed by atoms with Gasteiger partial charge in [0.25, 0.3) is 0 Å². The van der Waals surface area contributed by atoms with Crippen LogP contribution in [0.1, 0.15) is 11.1 Å². The Kier molecular flexibility index (Phi) is 5.00. The second-order valence-electron chi connectivity index (χ2n) is 4.68. The normalized spacial score (nSPS) is 10.5. The van der Waals surface area contributed by atoms with E-state index in [0.29, 0.717) is 0 Å². The number of hydrogen-bond acceptors (Lipinski definition) is 2. The van der Waals surface area contributed by atoms with Crippen molar-refractivity contribution in [2.75, 3.05) is 19.0 Å². The van der Waals surface area contributed by atoms with E-state index < -0.39 is 0 Å². The molecule has 0 atom stereocenters. The van der Waals surface area contributed by atoms with Crippen molar-refractivity contribution in [3.05, 3.63) is 64.1 Å². The molecule has 0 aliphatic heterocycles. The Hall–Kier alpha value is -1.32. The van der Waals surface area contributed by atoms with E-state index >= 15 is 0 Å². The largest absolute Gasteiger partial charge is 0.370 e. The van der Waals surface area contributed by atoms with Crippen LogP contribution in [0, 0.1) is 0 Å². The fourth-order valence-electron chi connectivity index (χ4n) is 2.03. The van der Waals surface area contributed by atoms with Gasteiger partial charge in [-0.1, -0.05) is 40.2 Å². The van der Waals surface area contributed by atoms with Crippen LogP contribution in [0.25, 0.3) is 0 Å². The van der Waals surface area contributed by atoms with Gasteiger partial charge in [-0.3, -0.25) is 0 Å². The number of anilines is 1. The average Bonchev–Trinajstić information content (AvgIpc) is 2.42. The van der Waals surface area contributed by atoms with E-state index in [2.05, 4.69) is 81.7 Å². The second-order valence-corrected chi connectivity index (χ2v) is 5.59. The van der Waals surface area contributed by atoms with Crippen LogP contribution in [-0.4, -0.2) is 14.1 Å². The highest BCUT2D eigenvalue weighted by atomic mass is 79.9. The Morgan fingerprint density at radius 1 is 0.947 bits per heavy atom. The summed E-state index contributed by atoms with van der Waals surface area (Å²) >= 11 is 3.46. The standard InChI is InChI=1S/C16H19BrN2/c1-18-11-13-5-9-16(10-6-13)19(2)12-14-3-7-15(17)8-4-14/h3-10,18H,11-12H2,1-2H3. The van der Waals surface area contributed by atoms with Crippen LogP contribution in [0.2, 0.25) is 0 Å². The zero-order valence-electron chi connectivity index (χ0n) is 11.4. The number of rotatable bonds is 5. The predicted molar refractivity (Wildman–Crippen MR) is 85.5 cm³/mol. The van der Waals surface area contributed by atoms with Gasteiger partial charge in [-0.25, -0.2) is 0 Å². The zero-order chi connectivity index (χ0) is 13.7. The molecule has 0 radical (unpaired) electrons. The van der Waals surface area contributed by atoms with Crippen LogP contribution >= 0.6 is 15.9 Å². The summed E-state index contributed by atoms with van der Waals surface area (Å²) < 4.78 is 1.12. The lowest BCUT2D eigenvalue weighted by Crippen LogP contribution is -2.16. The molecule has 19 heavy (non-hydrogen) atoms. The van der Waals surface area contributed by atoms with Gasteiger partial charge in [0.2, 0.25) is 0 Å². The molecule has 0 aromatic heterocycles. The van der Waals surface area contributed by atoms with Gasteiger partial charge in [0.05, 0.1) is 0 Å². The molecule has 100 valence electrons. The summed E-state index contributed by atoms with van der Waals surface area (Å²) in [7, 11) is 4.09. The van der Waals surface area contributed by atoms with Crippen LogP contribution in [0.3, 0.4) is 0 Å². The zero-order valence-corrected chi connectivity index (χ0v) is 12.9. The minimum Gasteiger partial charge on any atom is -0.370 e. The van der Waals surface area contributed by atoms with Crippen molar-refractivity contribution in [1.82, 2.24) is 5.32 Å². The molecular weight excluding hydrogens is 300 g/mol. The van der Waals surface area contributed by atoms with Gasteiger partial charge in [0, 0.05) is 30.3 Å². The van der Waals surface area contributed by atoms with Crippen LogP contribution < -0.4 is 10.2 Å². The van der Waals surface area contributed by atoms with Crippen molar-refractivity contribution in [3.63, 3.8) is 0 Å². The fraction of sp³-hybridized carbons (Fsp3) is 0.250. The molecule has 2 aromatic carbocycles. The number of halogens is 1. The van der Waals surface area contributed by atoms with Gasteiger partial charge in [-0.05, 0) is 42.4 Å². The third-order valence-corrected chi connectivity index (χ3v) is 3.62. The van der Waals surface area contributed by atoms with Gasteiger partial charge in [-0.15, -0.1) is 0 Å². The quantitative estimate of drug-likeness (QED) is 0.902. The van der Waals surface area contributed by atoms with Gasteiger partial charge in [0.15, 0.2) is 0 Å². The lowest BCUT2D eigenvalue weighted by atomic mass is 10.1. The molecule has 0 bridgehead atoms. The molecule has 0 saturated heterocycles. The molecule has 1 N–H and O–H groups in total. The van der Waals surface area contributed by atoms with E-state index in [9.17, 15) is 0 Å². The molecular formula is C16H19BrN2. The summed E-state index contributed by atoms with van der Waals surface area (Å²) in [6.07, 6.45) is 0.